The van der Waals surface area contributed by atoms with Crippen LogP contribution >= 0.6 is 0 Å². The lowest BCUT2D eigenvalue weighted by atomic mass is 10.1. The summed E-state index contributed by atoms with van der Waals surface area (Å²) in [5, 5.41) is 0. The van der Waals surface area contributed by atoms with Crippen LogP contribution in [0.4, 0.5) is 5.69 Å². The van der Waals surface area contributed by atoms with Crippen molar-refractivity contribution in [3.8, 4) is 5.75 Å². The zero-order valence-electron chi connectivity index (χ0n) is 15.6. The van der Waals surface area contributed by atoms with Crippen LogP contribution < -0.4 is 9.46 Å². The molecule has 1 saturated heterocycles. The highest BCUT2D eigenvalue weighted by atomic mass is 32.2. The lowest BCUT2D eigenvalue weighted by Gasteiger charge is -2.20. The fraction of sp³-hybridized carbons (Fsp3) is 0.350. The van der Waals surface area contributed by atoms with Crippen LogP contribution in [0.25, 0.3) is 0 Å². The van der Waals surface area contributed by atoms with Crippen LogP contribution in [-0.2, 0) is 10.0 Å². The van der Waals surface area contributed by atoms with Crippen LogP contribution in [0.2, 0.25) is 0 Å². The van der Waals surface area contributed by atoms with E-state index in [4.69, 9.17) is 4.74 Å². The second kappa shape index (κ2) is 8.00. The first-order valence-corrected chi connectivity index (χ1v) is 10.6. The van der Waals surface area contributed by atoms with Crippen molar-refractivity contribution in [3.63, 3.8) is 0 Å². The normalized spacial score (nSPS) is 14.2. The van der Waals surface area contributed by atoms with Crippen LogP contribution in [-0.4, -0.2) is 38.9 Å². The van der Waals surface area contributed by atoms with E-state index >= 15 is 0 Å². The van der Waals surface area contributed by atoms with Crippen molar-refractivity contribution >= 4 is 21.6 Å². The molecule has 1 aliphatic rings. The van der Waals surface area contributed by atoms with Gasteiger partial charge >= 0.3 is 0 Å². The molecular formula is C20H24N2O4S. The molecule has 6 nitrogen and oxygen atoms in total. The molecular weight excluding hydrogens is 364 g/mol. The minimum absolute atomic E-state index is 0.119. The lowest BCUT2D eigenvalue weighted by Crippen LogP contribution is -2.29. The number of nitrogens with zero attached hydrogens (tertiary/aromatic N) is 1. The lowest BCUT2D eigenvalue weighted by molar-refractivity contribution is 0.0794. The van der Waals surface area contributed by atoms with Gasteiger partial charge in [-0.25, -0.2) is 8.42 Å². The van der Waals surface area contributed by atoms with Gasteiger partial charge in [0, 0.05) is 13.1 Å². The summed E-state index contributed by atoms with van der Waals surface area (Å²) in [5.74, 6) is 0.470. The first-order chi connectivity index (χ1) is 12.9. The molecule has 1 amide bonds. The number of aryl methyl sites for hydroxylation is 1. The van der Waals surface area contributed by atoms with Gasteiger partial charge in [0.2, 0.25) is 0 Å². The number of nitrogens with one attached hydrogen (secondary N) is 1. The summed E-state index contributed by atoms with van der Waals surface area (Å²) in [6, 6.07) is 11.5. The predicted octanol–water partition coefficient (Wildman–Crippen LogP) is 3.43. The molecule has 0 unspecified atom stereocenters. The number of ether oxygens (including phenoxy) is 1. The summed E-state index contributed by atoms with van der Waals surface area (Å²) in [6.07, 6.45) is 1.95. The number of hydrogen-bond donors (Lipinski definition) is 1. The minimum atomic E-state index is -3.82. The third-order valence-electron chi connectivity index (χ3n) is 4.58. The molecule has 27 heavy (non-hydrogen) atoms. The largest absolute Gasteiger partial charge is 0.494 e. The summed E-state index contributed by atoms with van der Waals surface area (Å²) < 4.78 is 33.6. The number of rotatable bonds is 6. The van der Waals surface area contributed by atoms with E-state index in [9.17, 15) is 13.2 Å². The Morgan fingerprint density at radius 2 is 1.78 bits per heavy atom. The van der Waals surface area contributed by atoms with Crippen LogP contribution in [0, 0.1) is 6.92 Å². The second-order valence-corrected chi connectivity index (χ2v) is 8.19. The number of sulfonamides is 1. The fourth-order valence-corrected chi connectivity index (χ4v) is 4.30. The van der Waals surface area contributed by atoms with Crippen molar-refractivity contribution in [2.24, 2.45) is 0 Å². The number of anilines is 1. The third kappa shape index (κ3) is 4.24. The van der Waals surface area contributed by atoms with Gasteiger partial charge in [-0.1, -0.05) is 12.1 Å². The first kappa shape index (κ1) is 19.2. The van der Waals surface area contributed by atoms with Gasteiger partial charge in [-0.05, 0) is 62.6 Å². The molecule has 1 aliphatic heterocycles. The summed E-state index contributed by atoms with van der Waals surface area (Å²) in [5.41, 5.74) is 1.42. The number of likely N-dealkylation sites (tertiary alicyclic amines) is 1. The van der Waals surface area contributed by atoms with Gasteiger partial charge in [0.05, 0.1) is 22.8 Å². The Labute approximate surface area is 160 Å². The van der Waals surface area contributed by atoms with Gasteiger partial charge in [0.25, 0.3) is 15.9 Å². The minimum Gasteiger partial charge on any atom is -0.494 e. The van der Waals surface area contributed by atoms with E-state index in [1.54, 1.807) is 42.2 Å². The highest BCUT2D eigenvalue weighted by molar-refractivity contribution is 7.92. The van der Waals surface area contributed by atoms with Crippen molar-refractivity contribution in [2.75, 3.05) is 24.4 Å². The fourth-order valence-electron chi connectivity index (χ4n) is 3.15. The summed E-state index contributed by atoms with van der Waals surface area (Å²) in [7, 11) is -3.82. The van der Waals surface area contributed by atoms with E-state index < -0.39 is 10.0 Å². The molecule has 0 saturated carbocycles. The molecule has 0 aromatic heterocycles. The molecule has 0 aliphatic carbocycles. The molecule has 0 spiro atoms. The Bertz CT molecular complexity index is 917. The molecule has 0 radical (unpaired) electrons. The molecule has 0 bridgehead atoms. The Morgan fingerprint density at radius 1 is 1.11 bits per heavy atom. The first-order valence-electron chi connectivity index (χ1n) is 9.07. The van der Waals surface area contributed by atoms with Crippen molar-refractivity contribution in [3.05, 3.63) is 53.6 Å². The number of benzene rings is 2. The molecule has 2 aromatic carbocycles. The van der Waals surface area contributed by atoms with E-state index in [0.29, 0.717) is 42.3 Å². The van der Waals surface area contributed by atoms with Crippen LogP contribution in [0.5, 0.6) is 5.75 Å². The topological polar surface area (TPSA) is 75.7 Å². The van der Waals surface area contributed by atoms with E-state index in [-0.39, 0.29) is 10.8 Å². The monoisotopic (exact) mass is 388 g/mol. The average molecular weight is 388 g/mol. The second-order valence-electron chi connectivity index (χ2n) is 6.51. The molecule has 144 valence electrons. The van der Waals surface area contributed by atoms with Crippen molar-refractivity contribution in [1.29, 1.82) is 0 Å². The van der Waals surface area contributed by atoms with E-state index in [0.717, 1.165) is 12.8 Å². The van der Waals surface area contributed by atoms with Gasteiger partial charge in [-0.15, -0.1) is 0 Å². The van der Waals surface area contributed by atoms with Gasteiger partial charge < -0.3 is 9.64 Å². The Hall–Kier alpha value is -2.54. The van der Waals surface area contributed by atoms with Crippen molar-refractivity contribution in [1.82, 2.24) is 4.90 Å². The number of carbonyl (C=O) groups is 1. The van der Waals surface area contributed by atoms with E-state index in [2.05, 4.69) is 4.72 Å². The van der Waals surface area contributed by atoms with E-state index in [1.807, 2.05) is 6.92 Å². The number of carbonyl (C=O) groups excluding carboxylic acids is 1. The number of para-hydroxylation sites is 1. The molecule has 1 heterocycles. The van der Waals surface area contributed by atoms with Gasteiger partial charge in [-0.3, -0.25) is 9.52 Å². The zero-order chi connectivity index (χ0) is 19.4. The summed E-state index contributed by atoms with van der Waals surface area (Å²) in [6.45, 7) is 5.57. The third-order valence-corrected chi connectivity index (χ3v) is 5.94. The summed E-state index contributed by atoms with van der Waals surface area (Å²) in [4.78, 5) is 14.7. The van der Waals surface area contributed by atoms with Crippen LogP contribution in [0.3, 0.4) is 0 Å². The predicted molar refractivity (Wildman–Crippen MR) is 105 cm³/mol. The Kier molecular flexibility index (Phi) is 5.70. The maximum absolute atomic E-state index is 12.8. The quantitative estimate of drug-likeness (QED) is 0.823. The smallest absolute Gasteiger partial charge is 0.261 e. The summed E-state index contributed by atoms with van der Waals surface area (Å²) >= 11 is 0. The molecule has 2 aromatic rings. The highest BCUT2D eigenvalue weighted by Crippen LogP contribution is 2.27. The number of hydrogen-bond acceptors (Lipinski definition) is 4. The standard InChI is InChI=1S/C20H24N2O4S/c1-3-26-16-9-11-17(12-10-16)27(24,25)21-19-15(2)7-6-8-18(19)20(23)22-13-4-5-14-22/h6-12,21H,3-5,13-14H2,1-2H3. The SMILES string of the molecule is CCOc1ccc(S(=O)(=O)Nc2c(C)cccc2C(=O)N2CCCC2)cc1. The molecule has 1 fully saturated rings. The Balaban J connectivity index is 1.90. The van der Waals surface area contributed by atoms with Crippen molar-refractivity contribution in [2.45, 2.75) is 31.6 Å². The molecule has 7 heteroatoms. The average Bonchev–Trinajstić information content (AvgIpc) is 3.18. The molecule has 3 rings (SSSR count). The maximum atomic E-state index is 12.8. The van der Waals surface area contributed by atoms with Crippen LogP contribution in [0.1, 0.15) is 35.7 Å². The highest BCUT2D eigenvalue weighted by Gasteiger charge is 2.25. The van der Waals surface area contributed by atoms with Crippen LogP contribution in [0.15, 0.2) is 47.4 Å². The molecule has 0 atom stereocenters. The van der Waals surface area contributed by atoms with Crippen molar-refractivity contribution < 1.29 is 17.9 Å². The van der Waals surface area contributed by atoms with E-state index in [1.165, 1.54) is 12.1 Å². The maximum Gasteiger partial charge on any atom is 0.261 e. The van der Waals surface area contributed by atoms with Gasteiger partial charge in [-0.2, -0.15) is 0 Å². The molecule has 1 N–H and O–H groups in total. The van der Waals surface area contributed by atoms with Gasteiger partial charge in [0.15, 0.2) is 0 Å². The Morgan fingerprint density at radius 3 is 2.41 bits per heavy atom. The zero-order valence-corrected chi connectivity index (χ0v) is 16.4. The number of amides is 1. The van der Waals surface area contributed by atoms with Gasteiger partial charge in [0.1, 0.15) is 5.75 Å².